The third-order valence-corrected chi connectivity index (χ3v) is 12.3. The van der Waals surface area contributed by atoms with Crippen molar-refractivity contribution >= 4 is 22.5 Å². The first kappa shape index (κ1) is 31.0. The van der Waals surface area contributed by atoms with Crippen LogP contribution in [0.15, 0.2) is 204 Å². The van der Waals surface area contributed by atoms with E-state index in [4.69, 9.17) is 9.97 Å². The van der Waals surface area contributed by atoms with Gasteiger partial charge in [-0.3, -0.25) is 0 Å². The van der Waals surface area contributed by atoms with Crippen LogP contribution in [0.1, 0.15) is 22.3 Å². The van der Waals surface area contributed by atoms with Gasteiger partial charge in [0.1, 0.15) is 0 Å². The van der Waals surface area contributed by atoms with Crippen molar-refractivity contribution in [3.05, 3.63) is 216 Å². The fourth-order valence-electron chi connectivity index (χ4n) is 8.76. The maximum absolute atomic E-state index is 5.40. The zero-order valence-corrected chi connectivity index (χ0v) is 30.1. The molecule has 252 valence electrons. The zero-order chi connectivity index (χ0) is 35.6. The number of fused-ring (bicyclic) bond motifs is 10. The lowest BCUT2D eigenvalue weighted by molar-refractivity contribution is 0.722. The van der Waals surface area contributed by atoms with Gasteiger partial charge in [0.05, 0.1) is 16.8 Å². The molecule has 0 fully saturated rings. The summed E-state index contributed by atoms with van der Waals surface area (Å²) in [4.78, 5) is 13.3. The van der Waals surface area contributed by atoms with Gasteiger partial charge in [-0.1, -0.05) is 182 Å². The summed E-state index contributed by atoms with van der Waals surface area (Å²) in [5.41, 5.74) is 14.5. The van der Waals surface area contributed by atoms with Crippen molar-refractivity contribution in [2.75, 3.05) is 0 Å². The average molecular weight is 705 g/mol. The Hall–Kier alpha value is -6.55. The van der Waals surface area contributed by atoms with E-state index < -0.39 is 5.41 Å². The van der Waals surface area contributed by atoms with E-state index in [2.05, 4.69) is 194 Å². The van der Waals surface area contributed by atoms with Crippen LogP contribution in [0.4, 0.5) is 0 Å². The average Bonchev–Trinajstić information content (AvgIpc) is 3.54. The molecule has 0 saturated heterocycles. The van der Waals surface area contributed by atoms with Crippen LogP contribution in [0.25, 0.3) is 66.9 Å². The minimum atomic E-state index is -0.459. The van der Waals surface area contributed by atoms with Gasteiger partial charge in [-0.2, -0.15) is 0 Å². The summed E-state index contributed by atoms with van der Waals surface area (Å²) in [7, 11) is 0. The SMILES string of the molecule is c1ccc(-c2cc(-c3ccc(-c4ccc5ccccc5c4)cc3)nc(-c3cccc4c3-c3ccccc3C43c4ccccc4Sc4ccccc43)n2)cc1. The largest absolute Gasteiger partial charge is 0.228 e. The number of aromatic nitrogens is 2. The molecule has 9 aromatic rings. The van der Waals surface area contributed by atoms with Crippen molar-refractivity contribution < 1.29 is 0 Å². The van der Waals surface area contributed by atoms with E-state index in [-0.39, 0.29) is 0 Å². The molecule has 8 aromatic carbocycles. The number of benzene rings is 8. The Bertz CT molecular complexity index is 2870. The van der Waals surface area contributed by atoms with Gasteiger partial charge in [0.2, 0.25) is 0 Å². The first-order valence-corrected chi connectivity index (χ1v) is 19.2. The Morgan fingerprint density at radius 2 is 0.889 bits per heavy atom. The topological polar surface area (TPSA) is 25.8 Å². The van der Waals surface area contributed by atoms with Crippen molar-refractivity contribution in [2.45, 2.75) is 15.2 Å². The Balaban J connectivity index is 1.12. The van der Waals surface area contributed by atoms with Crippen molar-refractivity contribution in [3.63, 3.8) is 0 Å². The number of nitrogens with zero attached hydrogens (tertiary/aromatic N) is 2. The molecule has 0 atom stereocenters. The summed E-state index contributed by atoms with van der Waals surface area (Å²) in [6, 6.07) is 70.1. The molecule has 0 saturated carbocycles. The van der Waals surface area contributed by atoms with Crippen molar-refractivity contribution in [2.24, 2.45) is 0 Å². The fraction of sp³-hybridized carbons (Fsp3) is 0.0196. The monoisotopic (exact) mass is 704 g/mol. The summed E-state index contributed by atoms with van der Waals surface area (Å²) >= 11 is 1.87. The molecule has 1 aliphatic heterocycles. The van der Waals surface area contributed by atoms with E-state index >= 15 is 0 Å². The van der Waals surface area contributed by atoms with Gasteiger partial charge in [-0.15, -0.1) is 0 Å². The smallest absolute Gasteiger partial charge is 0.161 e. The minimum Gasteiger partial charge on any atom is -0.228 e. The van der Waals surface area contributed by atoms with Crippen LogP contribution in [0.5, 0.6) is 0 Å². The Morgan fingerprint density at radius 3 is 1.63 bits per heavy atom. The lowest BCUT2D eigenvalue weighted by atomic mass is 9.67. The molecule has 1 aliphatic carbocycles. The molecule has 0 bridgehead atoms. The third-order valence-electron chi connectivity index (χ3n) is 11.2. The molecule has 0 unspecified atom stereocenters. The van der Waals surface area contributed by atoms with E-state index in [1.807, 2.05) is 11.8 Å². The highest BCUT2D eigenvalue weighted by Gasteiger charge is 2.50. The van der Waals surface area contributed by atoms with Crippen LogP contribution in [-0.2, 0) is 5.41 Å². The second kappa shape index (κ2) is 12.3. The number of rotatable bonds is 4. The maximum atomic E-state index is 5.40. The second-order valence-corrected chi connectivity index (χ2v) is 15.2. The minimum absolute atomic E-state index is 0.459. The lowest BCUT2D eigenvalue weighted by Crippen LogP contribution is -2.31. The van der Waals surface area contributed by atoms with Gasteiger partial charge in [0.15, 0.2) is 5.82 Å². The molecule has 1 spiro atoms. The number of hydrogen-bond acceptors (Lipinski definition) is 3. The van der Waals surface area contributed by atoms with E-state index in [1.165, 1.54) is 65.1 Å². The van der Waals surface area contributed by atoms with Gasteiger partial charge in [0, 0.05) is 26.5 Å². The summed E-state index contributed by atoms with van der Waals surface area (Å²) in [5.74, 6) is 0.723. The van der Waals surface area contributed by atoms with Gasteiger partial charge in [-0.25, -0.2) is 9.97 Å². The summed E-state index contributed by atoms with van der Waals surface area (Å²) in [5, 5.41) is 2.49. The molecule has 0 N–H and O–H groups in total. The van der Waals surface area contributed by atoms with E-state index in [0.717, 1.165) is 33.9 Å². The standard InChI is InChI=1S/C51H32N2S/c1-2-14-35(15-3-1)45-32-46(36-28-25-34(26-29-36)38-30-27-33-13-4-5-16-37(33)31-38)53-50(52-45)40-18-12-22-44-49(40)39-17-6-7-19-41(39)51(44)42-20-8-10-23-47(42)54-48-24-11-9-21-43(48)51/h1-32H. The normalized spacial score (nSPS) is 13.3. The predicted molar refractivity (Wildman–Crippen MR) is 223 cm³/mol. The van der Waals surface area contributed by atoms with Gasteiger partial charge < -0.3 is 0 Å². The van der Waals surface area contributed by atoms with E-state index in [1.54, 1.807) is 0 Å². The van der Waals surface area contributed by atoms with Crippen LogP contribution >= 0.6 is 11.8 Å². The summed E-state index contributed by atoms with van der Waals surface area (Å²) in [6.45, 7) is 0. The first-order chi connectivity index (χ1) is 26.8. The maximum Gasteiger partial charge on any atom is 0.161 e. The lowest BCUT2D eigenvalue weighted by Gasteiger charge is -2.39. The van der Waals surface area contributed by atoms with Gasteiger partial charge in [-0.05, 0) is 79.5 Å². The highest BCUT2D eigenvalue weighted by molar-refractivity contribution is 7.99. The molecule has 2 nitrogen and oxygen atoms in total. The molecule has 54 heavy (non-hydrogen) atoms. The molecule has 3 heteroatoms. The van der Waals surface area contributed by atoms with Gasteiger partial charge >= 0.3 is 0 Å². The molecule has 0 amide bonds. The van der Waals surface area contributed by atoms with Crippen molar-refractivity contribution in [3.8, 4) is 56.2 Å². The Labute approximate surface area is 318 Å². The van der Waals surface area contributed by atoms with Crippen molar-refractivity contribution in [1.29, 1.82) is 0 Å². The van der Waals surface area contributed by atoms with Crippen molar-refractivity contribution in [1.82, 2.24) is 9.97 Å². The number of hydrogen-bond donors (Lipinski definition) is 0. The van der Waals surface area contributed by atoms with Gasteiger partial charge in [0.25, 0.3) is 0 Å². The highest BCUT2D eigenvalue weighted by atomic mass is 32.2. The van der Waals surface area contributed by atoms with Crippen LogP contribution in [0.2, 0.25) is 0 Å². The molecule has 11 rings (SSSR count). The summed E-state index contributed by atoms with van der Waals surface area (Å²) in [6.07, 6.45) is 0. The first-order valence-electron chi connectivity index (χ1n) is 18.4. The van der Waals surface area contributed by atoms with E-state index in [0.29, 0.717) is 0 Å². The second-order valence-electron chi connectivity index (χ2n) is 14.1. The fourth-order valence-corrected chi connectivity index (χ4v) is 9.96. The Kier molecular flexibility index (Phi) is 7.05. The van der Waals surface area contributed by atoms with Crippen LogP contribution < -0.4 is 0 Å². The summed E-state index contributed by atoms with van der Waals surface area (Å²) < 4.78 is 0. The molecular weight excluding hydrogens is 673 g/mol. The Morgan fingerprint density at radius 1 is 0.352 bits per heavy atom. The van der Waals surface area contributed by atoms with Crippen LogP contribution in [-0.4, -0.2) is 9.97 Å². The van der Waals surface area contributed by atoms with E-state index in [9.17, 15) is 0 Å². The molecule has 0 radical (unpaired) electrons. The van der Waals surface area contributed by atoms with Crippen LogP contribution in [0.3, 0.4) is 0 Å². The quantitative estimate of drug-likeness (QED) is 0.182. The molecule has 2 aliphatic rings. The third kappa shape index (κ3) is 4.68. The molecular formula is C51H32N2S. The zero-order valence-electron chi connectivity index (χ0n) is 29.3. The molecule has 2 heterocycles. The predicted octanol–water partition coefficient (Wildman–Crippen LogP) is 13.1. The van der Waals surface area contributed by atoms with Crippen LogP contribution in [0, 0.1) is 0 Å². The molecule has 1 aromatic heterocycles. The highest BCUT2D eigenvalue weighted by Crippen LogP contribution is 2.63.